The van der Waals surface area contributed by atoms with E-state index in [9.17, 15) is 0 Å². The van der Waals surface area contributed by atoms with E-state index >= 15 is 0 Å². The zero-order valence-electron chi connectivity index (χ0n) is 11.9. The predicted molar refractivity (Wildman–Crippen MR) is 88.8 cm³/mol. The summed E-state index contributed by atoms with van der Waals surface area (Å²) in [7, 11) is 0. The van der Waals surface area contributed by atoms with Gasteiger partial charge in [0.1, 0.15) is 12.4 Å². The van der Waals surface area contributed by atoms with Gasteiger partial charge in [-0.2, -0.15) is 0 Å². The largest absolute Gasteiger partial charge is 0.489 e. The first kappa shape index (κ1) is 15.4. The molecule has 0 saturated heterocycles. The van der Waals surface area contributed by atoms with Gasteiger partial charge in [0, 0.05) is 9.50 Å². The van der Waals surface area contributed by atoms with E-state index in [1.54, 1.807) is 0 Å². The summed E-state index contributed by atoms with van der Waals surface area (Å²) < 4.78 is 7.01. The smallest absolute Gasteiger partial charge is 0.123 e. The van der Waals surface area contributed by atoms with Gasteiger partial charge in [-0.15, -0.1) is 0 Å². The van der Waals surface area contributed by atoms with Crippen molar-refractivity contribution in [2.45, 2.75) is 33.3 Å². The van der Waals surface area contributed by atoms with Crippen LogP contribution in [-0.4, -0.2) is 0 Å². The quantitative estimate of drug-likeness (QED) is 0.644. The number of benzene rings is 2. The molecular weight excluding hydrogens is 336 g/mol. The van der Waals surface area contributed by atoms with Gasteiger partial charge in [0.25, 0.3) is 0 Å². The Hall–Kier alpha value is -0.990. The summed E-state index contributed by atoms with van der Waals surface area (Å²) >= 11 is 9.70. The summed E-state index contributed by atoms with van der Waals surface area (Å²) in [4.78, 5) is 0. The Bertz CT molecular complexity index is 591. The van der Waals surface area contributed by atoms with E-state index in [1.807, 2.05) is 25.1 Å². The molecule has 106 valence electrons. The molecule has 0 N–H and O–H groups in total. The first-order valence-electron chi connectivity index (χ1n) is 6.64. The van der Waals surface area contributed by atoms with Gasteiger partial charge in [-0.05, 0) is 53.8 Å². The van der Waals surface area contributed by atoms with E-state index in [2.05, 4.69) is 48.0 Å². The topological polar surface area (TPSA) is 9.23 Å². The molecule has 1 nitrogen and oxygen atoms in total. The van der Waals surface area contributed by atoms with E-state index in [4.69, 9.17) is 16.3 Å². The maximum atomic E-state index is 6.27. The van der Waals surface area contributed by atoms with Crippen LogP contribution in [0.5, 0.6) is 5.75 Å². The molecule has 2 rings (SSSR count). The van der Waals surface area contributed by atoms with Crippen LogP contribution >= 0.6 is 27.5 Å². The summed E-state index contributed by atoms with van der Waals surface area (Å²) in [6, 6.07) is 12.2. The molecule has 0 aliphatic carbocycles. The highest BCUT2D eigenvalue weighted by Crippen LogP contribution is 2.31. The van der Waals surface area contributed by atoms with E-state index < -0.39 is 0 Å². The van der Waals surface area contributed by atoms with Crippen molar-refractivity contribution >= 4 is 27.5 Å². The molecule has 0 fully saturated rings. The van der Waals surface area contributed by atoms with E-state index in [-0.39, 0.29) is 0 Å². The lowest BCUT2D eigenvalue weighted by molar-refractivity contribution is 0.303. The average molecular weight is 354 g/mol. The maximum absolute atomic E-state index is 6.27. The molecule has 0 atom stereocenters. The highest BCUT2D eigenvalue weighted by atomic mass is 79.9. The van der Waals surface area contributed by atoms with Crippen molar-refractivity contribution in [2.75, 3.05) is 0 Å². The second-order valence-electron chi connectivity index (χ2n) is 5.21. The second-order valence-corrected chi connectivity index (χ2v) is 6.53. The standard InChI is InChI=1S/C17H18BrClO/c1-11(2)15-9-17(12(3)8-16(15)19)20-10-13-4-6-14(18)7-5-13/h4-9,11H,10H2,1-3H3. The SMILES string of the molecule is Cc1cc(Cl)c(C(C)C)cc1OCc1ccc(Br)cc1. The van der Waals surface area contributed by atoms with E-state index in [0.29, 0.717) is 12.5 Å². The van der Waals surface area contributed by atoms with Gasteiger partial charge in [0.05, 0.1) is 0 Å². The number of hydrogen-bond acceptors (Lipinski definition) is 1. The van der Waals surface area contributed by atoms with Gasteiger partial charge in [0.2, 0.25) is 0 Å². The van der Waals surface area contributed by atoms with Crippen LogP contribution in [0.15, 0.2) is 40.9 Å². The molecule has 0 radical (unpaired) electrons. The number of ether oxygens (including phenoxy) is 1. The summed E-state index contributed by atoms with van der Waals surface area (Å²) in [5, 5.41) is 0.813. The summed E-state index contributed by atoms with van der Waals surface area (Å²) in [6.45, 7) is 6.85. The number of halogens is 2. The van der Waals surface area contributed by atoms with Crippen LogP contribution in [0.1, 0.15) is 36.5 Å². The van der Waals surface area contributed by atoms with Crippen molar-refractivity contribution in [2.24, 2.45) is 0 Å². The maximum Gasteiger partial charge on any atom is 0.123 e. The molecule has 0 heterocycles. The minimum atomic E-state index is 0.387. The van der Waals surface area contributed by atoms with Crippen molar-refractivity contribution < 1.29 is 4.74 Å². The normalized spacial score (nSPS) is 10.9. The van der Waals surface area contributed by atoms with Crippen LogP contribution in [0.3, 0.4) is 0 Å². The lowest BCUT2D eigenvalue weighted by Gasteiger charge is -2.14. The lowest BCUT2D eigenvalue weighted by Crippen LogP contribution is -1.99. The molecule has 20 heavy (non-hydrogen) atoms. The van der Waals surface area contributed by atoms with Crippen LogP contribution in [0.25, 0.3) is 0 Å². The predicted octanol–water partition coefficient (Wildman–Crippen LogP) is 6.11. The Morgan fingerprint density at radius 3 is 2.40 bits per heavy atom. The summed E-state index contributed by atoms with van der Waals surface area (Å²) in [6.07, 6.45) is 0. The Morgan fingerprint density at radius 1 is 1.15 bits per heavy atom. The van der Waals surface area contributed by atoms with Crippen LogP contribution in [-0.2, 0) is 6.61 Å². The second kappa shape index (κ2) is 6.64. The van der Waals surface area contributed by atoms with Gasteiger partial charge in [-0.25, -0.2) is 0 Å². The fourth-order valence-electron chi connectivity index (χ4n) is 2.01. The van der Waals surface area contributed by atoms with Gasteiger partial charge in [0.15, 0.2) is 0 Å². The number of aryl methyl sites for hydroxylation is 1. The van der Waals surface area contributed by atoms with Crippen LogP contribution < -0.4 is 4.74 Å². The fourth-order valence-corrected chi connectivity index (χ4v) is 2.71. The number of hydrogen-bond donors (Lipinski definition) is 0. The molecule has 2 aromatic carbocycles. The Labute approximate surface area is 134 Å². The highest BCUT2D eigenvalue weighted by molar-refractivity contribution is 9.10. The molecule has 2 aromatic rings. The van der Waals surface area contributed by atoms with Crippen LogP contribution in [0.2, 0.25) is 5.02 Å². The molecular formula is C17H18BrClO. The third-order valence-electron chi connectivity index (χ3n) is 3.22. The third kappa shape index (κ3) is 3.77. The zero-order valence-corrected chi connectivity index (χ0v) is 14.3. The minimum absolute atomic E-state index is 0.387. The molecule has 0 spiro atoms. The van der Waals surface area contributed by atoms with Crippen LogP contribution in [0.4, 0.5) is 0 Å². The molecule has 0 aromatic heterocycles. The van der Waals surface area contributed by atoms with Gasteiger partial charge >= 0.3 is 0 Å². The molecule has 3 heteroatoms. The lowest BCUT2D eigenvalue weighted by atomic mass is 10.0. The zero-order chi connectivity index (χ0) is 14.7. The molecule has 0 aliphatic rings. The van der Waals surface area contributed by atoms with Crippen molar-refractivity contribution in [1.29, 1.82) is 0 Å². The van der Waals surface area contributed by atoms with Crippen molar-refractivity contribution in [1.82, 2.24) is 0 Å². The van der Waals surface area contributed by atoms with Gasteiger partial charge in [-0.3, -0.25) is 0 Å². The number of rotatable bonds is 4. The minimum Gasteiger partial charge on any atom is -0.489 e. The average Bonchev–Trinajstić information content (AvgIpc) is 2.39. The fraction of sp³-hybridized carbons (Fsp3) is 0.294. The highest BCUT2D eigenvalue weighted by Gasteiger charge is 2.10. The summed E-state index contributed by atoms with van der Waals surface area (Å²) in [5.41, 5.74) is 3.34. The van der Waals surface area contributed by atoms with Gasteiger partial charge < -0.3 is 4.74 Å². The van der Waals surface area contributed by atoms with Crippen molar-refractivity contribution in [3.05, 3.63) is 62.6 Å². The first-order chi connectivity index (χ1) is 9.47. The third-order valence-corrected chi connectivity index (χ3v) is 4.08. The molecule has 0 aliphatic heterocycles. The van der Waals surface area contributed by atoms with Gasteiger partial charge in [-0.1, -0.05) is 53.5 Å². The monoisotopic (exact) mass is 352 g/mol. The molecule has 0 saturated carbocycles. The Kier molecular flexibility index (Phi) is 5.11. The Balaban J connectivity index is 2.16. The summed E-state index contributed by atoms with van der Waals surface area (Å²) in [5.74, 6) is 1.29. The van der Waals surface area contributed by atoms with E-state index in [1.165, 1.54) is 0 Å². The van der Waals surface area contributed by atoms with Crippen molar-refractivity contribution in [3.8, 4) is 5.75 Å². The Morgan fingerprint density at radius 2 is 1.80 bits per heavy atom. The molecule has 0 amide bonds. The van der Waals surface area contributed by atoms with Crippen molar-refractivity contribution in [3.63, 3.8) is 0 Å². The van der Waals surface area contributed by atoms with Crippen LogP contribution in [0, 0.1) is 6.92 Å². The first-order valence-corrected chi connectivity index (χ1v) is 7.81. The van der Waals surface area contributed by atoms with E-state index in [0.717, 1.165) is 31.9 Å². The molecule has 0 unspecified atom stereocenters. The molecule has 0 bridgehead atoms.